The summed E-state index contributed by atoms with van der Waals surface area (Å²) >= 11 is 0. The molecule has 0 bridgehead atoms. The van der Waals surface area contributed by atoms with E-state index in [1.807, 2.05) is 11.0 Å². The molecule has 0 saturated carbocycles. The van der Waals surface area contributed by atoms with Gasteiger partial charge in [-0.3, -0.25) is 0 Å². The van der Waals surface area contributed by atoms with Gasteiger partial charge in [-0.1, -0.05) is 19.8 Å². The van der Waals surface area contributed by atoms with E-state index in [0.29, 0.717) is 5.69 Å². The lowest BCUT2D eigenvalue weighted by Gasteiger charge is -2.21. The van der Waals surface area contributed by atoms with Crippen LogP contribution in [0.25, 0.3) is 0 Å². The molecule has 19 heavy (non-hydrogen) atoms. The third-order valence-corrected chi connectivity index (χ3v) is 2.95. The Labute approximate surface area is 111 Å². The molecular formula is C14H17F3N2. The highest BCUT2D eigenvalue weighted by Gasteiger charge is 2.31. The summed E-state index contributed by atoms with van der Waals surface area (Å²) in [6.07, 6.45) is -1.32. The summed E-state index contributed by atoms with van der Waals surface area (Å²) in [5.41, 5.74) is -0.171. The van der Waals surface area contributed by atoms with E-state index in [4.69, 9.17) is 5.26 Å². The van der Waals surface area contributed by atoms with E-state index in [1.54, 1.807) is 7.05 Å². The van der Waals surface area contributed by atoms with Gasteiger partial charge in [0, 0.05) is 13.6 Å². The summed E-state index contributed by atoms with van der Waals surface area (Å²) < 4.78 is 37.7. The van der Waals surface area contributed by atoms with Gasteiger partial charge in [0.2, 0.25) is 0 Å². The number of benzene rings is 1. The summed E-state index contributed by atoms with van der Waals surface area (Å²) in [7, 11) is 1.79. The molecule has 0 heterocycles. The summed E-state index contributed by atoms with van der Waals surface area (Å²) in [5.74, 6) is 0. The molecule has 0 aliphatic rings. The first kappa shape index (κ1) is 15.4. The van der Waals surface area contributed by atoms with Gasteiger partial charge in [0.25, 0.3) is 0 Å². The average molecular weight is 270 g/mol. The van der Waals surface area contributed by atoms with Crippen molar-refractivity contribution in [1.82, 2.24) is 0 Å². The van der Waals surface area contributed by atoms with Gasteiger partial charge in [-0.2, -0.15) is 18.4 Å². The molecule has 0 saturated heterocycles. The van der Waals surface area contributed by atoms with Crippen LogP contribution in [-0.2, 0) is 6.18 Å². The molecular weight excluding hydrogens is 253 g/mol. The number of anilines is 1. The van der Waals surface area contributed by atoms with Crippen LogP contribution in [0.15, 0.2) is 18.2 Å². The molecule has 0 spiro atoms. The third-order valence-electron chi connectivity index (χ3n) is 2.95. The minimum Gasteiger partial charge on any atom is -0.374 e. The van der Waals surface area contributed by atoms with E-state index in [-0.39, 0.29) is 5.56 Å². The zero-order valence-electron chi connectivity index (χ0n) is 11.1. The van der Waals surface area contributed by atoms with Crippen LogP contribution in [0, 0.1) is 11.3 Å². The van der Waals surface area contributed by atoms with E-state index in [9.17, 15) is 13.2 Å². The highest BCUT2D eigenvalue weighted by molar-refractivity contribution is 5.60. The molecule has 1 aromatic carbocycles. The highest BCUT2D eigenvalue weighted by atomic mass is 19.4. The zero-order chi connectivity index (χ0) is 14.5. The van der Waals surface area contributed by atoms with Crippen molar-refractivity contribution in [1.29, 1.82) is 5.26 Å². The Morgan fingerprint density at radius 3 is 2.47 bits per heavy atom. The topological polar surface area (TPSA) is 27.0 Å². The maximum absolute atomic E-state index is 12.6. The molecule has 0 unspecified atom stereocenters. The maximum Gasteiger partial charge on any atom is 0.416 e. The van der Waals surface area contributed by atoms with Gasteiger partial charge in [0.05, 0.1) is 16.8 Å². The predicted octanol–water partition coefficient (Wildman–Crippen LogP) is 4.20. The van der Waals surface area contributed by atoms with E-state index >= 15 is 0 Å². The van der Waals surface area contributed by atoms with E-state index < -0.39 is 11.7 Å². The second-order valence-electron chi connectivity index (χ2n) is 4.47. The van der Waals surface area contributed by atoms with Crippen molar-refractivity contribution < 1.29 is 13.2 Å². The number of hydrogen-bond acceptors (Lipinski definition) is 2. The normalized spacial score (nSPS) is 11.2. The lowest BCUT2D eigenvalue weighted by Crippen LogP contribution is -2.20. The molecule has 0 fully saturated rings. The summed E-state index contributed by atoms with van der Waals surface area (Å²) in [6.45, 7) is 2.81. The summed E-state index contributed by atoms with van der Waals surface area (Å²) in [4.78, 5) is 1.83. The van der Waals surface area contributed by atoms with Gasteiger partial charge in [0.15, 0.2) is 0 Å². The molecule has 0 amide bonds. The Kier molecular flexibility index (Phi) is 5.22. The van der Waals surface area contributed by atoms with Crippen LogP contribution in [0.1, 0.15) is 37.3 Å². The number of hydrogen-bond donors (Lipinski definition) is 0. The van der Waals surface area contributed by atoms with Gasteiger partial charge >= 0.3 is 6.18 Å². The van der Waals surface area contributed by atoms with Gasteiger partial charge in [-0.25, -0.2) is 0 Å². The molecule has 0 aromatic heterocycles. The van der Waals surface area contributed by atoms with Crippen LogP contribution < -0.4 is 4.90 Å². The first-order valence-electron chi connectivity index (χ1n) is 6.22. The second-order valence-corrected chi connectivity index (χ2v) is 4.47. The molecule has 5 heteroatoms. The molecule has 0 N–H and O–H groups in total. The van der Waals surface area contributed by atoms with Crippen molar-refractivity contribution in [2.24, 2.45) is 0 Å². The monoisotopic (exact) mass is 270 g/mol. The van der Waals surface area contributed by atoms with Crippen molar-refractivity contribution in [3.8, 4) is 6.07 Å². The molecule has 0 aliphatic carbocycles. The average Bonchev–Trinajstić information content (AvgIpc) is 2.37. The largest absolute Gasteiger partial charge is 0.416 e. The van der Waals surface area contributed by atoms with Gasteiger partial charge in [0.1, 0.15) is 6.07 Å². The quantitative estimate of drug-likeness (QED) is 0.750. The van der Waals surface area contributed by atoms with E-state index in [0.717, 1.165) is 37.9 Å². The minimum atomic E-state index is -4.41. The number of nitrogens with zero attached hydrogens (tertiary/aromatic N) is 2. The fraction of sp³-hybridized carbons (Fsp3) is 0.500. The van der Waals surface area contributed by atoms with Gasteiger partial charge in [-0.05, 0) is 24.6 Å². The molecule has 0 radical (unpaired) electrons. The van der Waals surface area contributed by atoms with Crippen LogP contribution in [0.2, 0.25) is 0 Å². The highest BCUT2D eigenvalue weighted by Crippen LogP contribution is 2.32. The Morgan fingerprint density at radius 1 is 1.26 bits per heavy atom. The van der Waals surface area contributed by atoms with Crippen molar-refractivity contribution >= 4 is 5.69 Å². The Morgan fingerprint density at radius 2 is 1.95 bits per heavy atom. The van der Waals surface area contributed by atoms with E-state index in [1.165, 1.54) is 6.07 Å². The van der Waals surface area contributed by atoms with Crippen LogP contribution in [-0.4, -0.2) is 13.6 Å². The lowest BCUT2D eigenvalue weighted by atomic mass is 10.1. The van der Waals surface area contributed by atoms with Crippen LogP contribution >= 0.6 is 0 Å². The predicted molar refractivity (Wildman–Crippen MR) is 69.0 cm³/mol. The number of alkyl halides is 3. The molecule has 1 rings (SSSR count). The van der Waals surface area contributed by atoms with Gasteiger partial charge < -0.3 is 4.90 Å². The standard InChI is InChI=1S/C14H17F3N2/c1-3-4-5-8-19(2)13-7-6-12(14(15,16)17)9-11(13)10-18/h6-7,9H,3-5,8H2,1-2H3. The summed E-state index contributed by atoms with van der Waals surface area (Å²) in [5, 5.41) is 8.99. The van der Waals surface area contributed by atoms with Crippen molar-refractivity contribution in [3.63, 3.8) is 0 Å². The fourth-order valence-corrected chi connectivity index (χ4v) is 1.85. The Bertz CT molecular complexity index is 461. The number of nitriles is 1. The number of halogens is 3. The molecule has 0 atom stereocenters. The first-order valence-corrected chi connectivity index (χ1v) is 6.22. The summed E-state index contributed by atoms with van der Waals surface area (Å²) in [6, 6.07) is 5.13. The Hall–Kier alpha value is -1.70. The van der Waals surface area contributed by atoms with Crippen LogP contribution in [0.4, 0.5) is 18.9 Å². The maximum atomic E-state index is 12.6. The van der Waals surface area contributed by atoms with E-state index in [2.05, 4.69) is 6.92 Å². The third kappa shape index (κ3) is 4.16. The van der Waals surface area contributed by atoms with Crippen molar-refractivity contribution in [2.75, 3.05) is 18.5 Å². The Balaban J connectivity index is 2.94. The number of rotatable bonds is 5. The second kappa shape index (κ2) is 6.46. The van der Waals surface area contributed by atoms with Crippen LogP contribution in [0.3, 0.4) is 0 Å². The van der Waals surface area contributed by atoms with Gasteiger partial charge in [-0.15, -0.1) is 0 Å². The van der Waals surface area contributed by atoms with Crippen molar-refractivity contribution in [2.45, 2.75) is 32.4 Å². The smallest absolute Gasteiger partial charge is 0.374 e. The zero-order valence-corrected chi connectivity index (χ0v) is 11.1. The molecule has 104 valence electrons. The first-order chi connectivity index (χ1) is 8.90. The minimum absolute atomic E-state index is 0.0637. The van der Waals surface area contributed by atoms with Crippen molar-refractivity contribution in [3.05, 3.63) is 29.3 Å². The SMILES string of the molecule is CCCCCN(C)c1ccc(C(F)(F)F)cc1C#N. The molecule has 1 aromatic rings. The van der Waals surface area contributed by atoms with Crippen LogP contribution in [0.5, 0.6) is 0 Å². The molecule has 0 aliphatic heterocycles. The number of unbranched alkanes of at least 4 members (excludes halogenated alkanes) is 2. The fourth-order valence-electron chi connectivity index (χ4n) is 1.85. The molecule has 2 nitrogen and oxygen atoms in total. The lowest BCUT2D eigenvalue weighted by molar-refractivity contribution is -0.137.